The average molecular weight is 269 g/mol. The van der Waals surface area contributed by atoms with Crippen molar-refractivity contribution in [3.05, 3.63) is 0 Å². The van der Waals surface area contributed by atoms with Gasteiger partial charge in [-0.05, 0) is 31.6 Å². The molecule has 0 amide bonds. The molecule has 1 aliphatic rings. The smallest absolute Gasteiger partial charge is 0.0656 e. The van der Waals surface area contributed by atoms with Crippen LogP contribution in [-0.2, 0) is 4.74 Å². The largest absolute Gasteiger partial charge is 0.377 e. The maximum Gasteiger partial charge on any atom is 0.0656 e. The molecule has 1 fully saturated rings. The quantitative estimate of drug-likeness (QED) is 0.711. The van der Waals surface area contributed by atoms with Crippen LogP contribution in [0.25, 0.3) is 0 Å². The molecule has 1 saturated carbocycles. The van der Waals surface area contributed by atoms with Gasteiger partial charge in [-0.3, -0.25) is 0 Å². The molecule has 4 unspecified atom stereocenters. The monoisotopic (exact) mass is 269 g/mol. The van der Waals surface area contributed by atoms with E-state index in [1.807, 2.05) is 0 Å². The Balaban J connectivity index is 2.34. The summed E-state index contributed by atoms with van der Waals surface area (Å²) in [6, 6.07) is 1.23. The molecule has 1 aliphatic carbocycles. The minimum Gasteiger partial charge on any atom is -0.377 e. The maximum absolute atomic E-state index is 6.03. The first-order valence-electron chi connectivity index (χ1n) is 8.15. The number of nitrogens with one attached hydrogen (secondary N) is 1. The van der Waals surface area contributed by atoms with Crippen molar-refractivity contribution >= 4 is 0 Å². The summed E-state index contributed by atoms with van der Waals surface area (Å²) in [6.45, 7) is 17.0. The summed E-state index contributed by atoms with van der Waals surface area (Å²) in [7, 11) is 0. The standard InChI is InChI=1S/C17H35NO/c1-8-13(4)9-14(5)18-15-10-16(17(15,6)7)19-11-12(2)3/h12-16,18H,8-11H2,1-7H3. The van der Waals surface area contributed by atoms with E-state index in [-0.39, 0.29) is 5.41 Å². The van der Waals surface area contributed by atoms with Crippen LogP contribution in [0.15, 0.2) is 0 Å². The topological polar surface area (TPSA) is 21.3 Å². The van der Waals surface area contributed by atoms with Gasteiger partial charge in [0.1, 0.15) is 0 Å². The highest BCUT2D eigenvalue weighted by Crippen LogP contribution is 2.43. The van der Waals surface area contributed by atoms with Crippen LogP contribution < -0.4 is 5.32 Å². The predicted octanol–water partition coefficient (Wildman–Crippen LogP) is 4.24. The van der Waals surface area contributed by atoms with Gasteiger partial charge in [-0.2, -0.15) is 0 Å². The Bertz CT molecular complexity index is 262. The molecule has 0 bridgehead atoms. The van der Waals surface area contributed by atoms with E-state index >= 15 is 0 Å². The lowest BCUT2D eigenvalue weighted by molar-refractivity contribution is -0.125. The Hall–Kier alpha value is -0.0800. The van der Waals surface area contributed by atoms with Gasteiger partial charge in [-0.25, -0.2) is 0 Å². The van der Waals surface area contributed by atoms with E-state index in [4.69, 9.17) is 4.74 Å². The maximum atomic E-state index is 6.03. The van der Waals surface area contributed by atoms with Crippen molar-refractivity contribution in [3.8, 4) is 0 Å². The van der Waals surface area contributed by atoms with Crippen molar-refractivity contribution in [1.29, 1.82) is 0 Å². The van der Waals surface area contributed by atoms with E-state index in [1.165, 1.54) is 19.3 Å². The van der Waals surface area contributed by atoms with Gasteiger partial charge >= 0.3 is 0 Å². The molecule has 0 aromatic carbocycles. The van der Waals surface area contributed by atoms with E-state index in [9.17, 15) is 0 Å². The third-order valence-electron chi connectivity index (χ3n) is 4.75. The highest BCUT2D eigenvalue weighted by atomic mass is 16.5. The fourth-order valence-electron chi connectivity index (χ4n) is 2.94. The molecule has 0 aromatic rings. The third kappa shape index (κ3) is 4.75. The molecular weight excluding hydrogens is 234 g/mol. The van der Waals surface area contributed by atoms with Gasteiger partial charge in [-0.15, -0.1) is 0 Å². The summed E-state index contributed by atoms with van der Waals surface area (Å²) in [4.78, 5) is 0. The first-order chi connectivity index (χ1) is 8.77. The second-order valence-corrected chi connectivity index (χ2v) is 7.64. The average Bonchev–Trinajstić information content (AvgIpc) is 2.32. The summed E-state index contributed by atoms with van der Waals surface area (Å²) in [6.07, 6.45) is 4.16. The molecule has 1 rings (SSSR count). The van der Waals surface area contributed by atoms with Crippen LogP contribution in [0.2, 0.25) is 0 Å². The molecule has 0 radical (unpaired) electrons. The minimum absolute atomic E-state index is 0.276. The Morgan fingerprint density at radius 2 is 1.84 bits per heavy atom. The van der Waals surface area contributed by atoms with Crippen LogP contribution in [0.3, 0.4) is 0 Å². The lowest BCUT2D eigenvalue weighted by Crippen LogP contribution is -2.62. The molecule has 19 heavy (non-hydrogen) atoms. The van der Waals surface area contributed by atoms with Crippen molar-refractivity contribution in [2.45, 2.75) is 85.9 Å². The molecule has 0 aromatic heterocycles. The number of hydrogen-bond acceptors (Lipinski definition) is 2. The number of hydrogen-bond donors (Lipinski definition) is 1. The fourth-order valence-corrected chi connectivity index (χ4v) is 2.94. The zero-order valence-electron chi connectivity index (χ0n) is 14.1. The Kier molecular flexibility index (Phi) is 6.32. The van der Waals surface area contributed by atoms with Crippen LogP contribution in [-0.4, -0.2) is 24.8 Å². The molecule has 1 N–H and O–H groups in total. The molecule has 2 heteroatoms. The fraction of sp³-hybridized carbons (Fsp3) is 1.00. The third-order valence-corrected chi connectivity index (χ3v) is 4.75. The van der Waals surface area contributed by atoms with Gasteiger partial charge in [0.2, 0.25) is 0 Å². The van der Waals surface area contributed by atoms with Crippen LogP contribution in [0.1, 0.15) is 67.7 Å². The first-order valence-corrected chi connectivity index (χ1v) is 8.15. The molecule has 0 aliphatic heterocycles. The van der Waals surface area contributed by atoms with Gasteiger partial charge in [0.05, 0.1) is 6.10 Å². The van der Waals surface area contributed by atoms with E-state index in [0.29, 0.717) is 24.1 Å². The summed E-state index contributed by atoms with van der Waals surface area (Å²) in [5, 5.41) is 3.81. The van der Waals surface area contributed by atoms with Crippen LogP contribution in [0, 0.1) is 17.3 Å². The summed E-state index contributed by atoms with van der Waals surface area (Å²) < 4.78 is 6.03. The highest BCUT2D eigenvalue weighted by molar-refractivity contribution is 5.03. The highest BCUT2D eigenvalue weighted by Gasteiger charge is 2.49. The van der Waals surface area contributed by atoms with E-state index in [0.717, 1.165) is 12.5 Å². The minimum atomic E-state index is 0.276. The molecule has 0 saturated heterocycles. The number of ether oxygens (including phenoxy) is 1. The Labute approximate surface area is 120 Å². The zero-order valence-corrected chi connectivity index (χ0v) is 14.1. The second kappa shape index (κ2) is 7.08. The second-order valence-electron chi connectivity index (χ2n) is 7.64. The van der Waals surface area contributed by atoms with E-state index in [1.54, 1.807) is 0 Å². The lowest BCUT2D eigenvalue weighted by atomic mass is 9.64. The lowest BCUT2D eigenvalue weighted by Gasteiger charge is -2.53. The van der Waals surface area contributed by atoms with Crippen molar-refractivity contribution in [3.63, 3.8) is 0 Å². The molecular formula is C17H35NO. The van der Waals surface area contributed by atoms with Crippen LogP contribution in [0.4, 0.5) is 0 Å². The normalized spacial score (nSPS) is 29.1. The predicted molar refractivity (Wildman–Crippen MR) is 83.4 cm³/mol. The summed E-state index contributed by atoms with van der Waals surface area (Å²) >= 11 is 0. The summed E-state index contributed by atoms with van der Waals surface area (Å²) in [5.41, 5.74) is 0.276. The van der Waals surface area contributed by atoms with Crippen molar-refractivity contribution in [1.82, 2.24) is 5.32 Å². The number of rotatable bonds is 8. The van der Waals surface area contributed by atoms with Crippen LogP contribution >= 0.6 is 0 Å². The summed E-state index contributed by atoms with van der Waals surface area (Å²) in [5.74, 6) is 1.45. The molecule has 0 heterocycles. The van der Waals surface area contributed by atoms with Crippen LogP contribution in [0.5, 0.6) is 0 Å². The van der Waals surface area contributed by atoms with E-state index < -0.39 is 0 Å². The van der Waals surface area contributed by atoms with Gasteiger partial charge in [0.15, 0.2) is 0 Å². The van der Waals surface area contributed by atoms with Gasteiger partial charge in [-0.1, -0.05) is 48.0 Å². The van der Waals surface area contributed by atoms with Gasteiger partial charge in [0, 0.05) is 24.1 Å². The van der Waals surface area contributed by atoms with Gasteiger partial charge in [0.25, 0.3) is 0 Å². The Morgan fingerprint density at radius 1 is 1.21 bits per heavy atom. The van der Waals surface area contributed by atoms with Crippen molar-refractivity contribution < 1.29 is 4.74 Å². The molecule has 114 valence electrons. The molecule has 2 nitrogen and oxygen atoms in total. The molecule has 0 spiro atoms. The zero-order chi connectivity index (χ0) is 14.6. The SMILES string of the molecule is CCC(C)CC(C)NC1CC(OCC(C)C)C1(C)C. The first kappa shape index (κ1) is 17.0. The van der Waals surface area contributed by atoms with Gasteiger partial charge < -0.3 is 10.1 Å². The van der Waals surface area contributed by atoms with Crippen molar-refractivity contribution in [2.24, 2.45) is 17.3 Å². The van der Waals surface area contributed by atoms with Crippen molar-refractivity contribution in [2.75, 3.05) is 6.61 Å². The Morgan fingerprint density at radius 3 is 2.32 bits per heavy atom. The van der Waals surface area contributed by atoms with E-state index in [2.05, 4.69) is 53.8 Å². The molecule has 4 atom stereocenters.